The van der Waals surface area contributed by atoms with E-state index in [0.717, 1.165) is 24.2 Å². The SMILES string of the molecule is CCOc1ccc(CCCC(=O)NC[C@@H](O)c2nccn2C)cc1C. The Hall–Kier alpha value is -2.34. The van der Waals surface area contributed by atoms with Crippen LogP contribution in [-0.2, 0) is 18.3 Å². The van der Waals surface area contributed by atoms with Gasteiger partial charge in [0.2, 0.25) is 5.91 Å². The van der Waals surface area contributed by atoms with Crippen molar-refractivity contribution in [3.05, 3.63) is 47.5 Å². The van der Waals surface area contributed by atoms with Crippen LogP contribution < -0.4 is 10.1 Å². The third kappa shape index (κ3) is 5.60. The van der Waals surface area contributed by atoms with Crippen LogP contribution in [0.15, 0.2) is 30.6 Å². The molecule has 25 heavy (non-hydrogen) atoms. The number of benzene rings is 1. The fourth-order valence-corrected chi connectivity index (χ4v) is 2.73. The monoisotopic (exact) mass is 345 g/mol. The van der Waals surface area contributed by atoms with Crippen molar-refractivity contribution < 1.29 is 14.6 Å². The maximum Gasteiger partial charge on any atom is 0.220 e. The summed E-state index contributed by atoms with van der Waals surface area (Å²) in [5.74, 6) is 1.40. The Morgan fingerprint density at radius 1 is 1.44 bits per heavy atom. The molecule has 2 rings (SSSR count). The fourth-order valence-electron chi connectivity index (χ4n) is 2.73. The predicted molar refractivity (Wildman–Crippen MR) is 96.5 cm³/mol. The normalized spacial score (nSPS) is 12.0. The largest absolute Gasteiger partial charge is 0.494 e. The van der Waals surface area contributed by atoms with Crippen molar-refractivity contribution in [2.24, 2.45) is 7.05 Å². The molecule has 0 aliphatic heterocycles. The fraction of sp³-hybridized carbons (Fsp3) is 0.474. The number of carbonyl (C=O) groups excluding carboxylic acids is 1. The average Bonchev–Trinajstić information content (AvgIpc) is 3.01. The van der Waals surface area contributed by atoms with E-state index in [9.17, 15) is 9.90 Å². The lowest BCUT2D eigenvalue weighted by Gasteiger charge is -2.12. The molecule has 0 aliphatic carbocycles. The molecule has 2 aromatic rings. The Morgan fingerprint density at radius 2 is 2.24 bits per heavy atom. The second kappa shape index (κ2) is 9.22. The van der Waals surface area contributed by atoms with Gasteiger partial charge in [-0.25, -0.2) is 4.98 Å². The van der Waals surface area contributed by atoms with Crippen LogP contribution in [0.3, 0.4) is 0 Å². The van der Waals surface area contributed by atoms with Crippen molar-refractivity contribution >= 4 is 5.91 Å². The summed E-state index contributed by atoms with van der Waals surface area (Å²) >= 11 is 0. The molecule has 0 unspecified atom stereocenters. The number of amides is 1. The van der Waals surface area contributed by atoms with Gasteiger partial charge in [0.1, 0.15) is 17.7 Å². The molecule has 0 bridgehead atoms. The Labute approximate surface area is 148 Å². The van der Waals surface area contributed by atoms with Gasteiger partial charge in [-0.2, -0.15) is 0 Å². The van der Waals surface area contributed by atoms with E-state index >= 15 is 0 Å². The number of aliphatic hydroxyl groups is 1. The predicted octanol–water partition coefficient (Wildman–Crippen LogP) is 2.30. The maximum atomic E-state index is 11.9. The molecule has 6 heteroatoms. The Balaban J connectivity index is 1.72. The Morgan fingerprint density at radius 3 is 2.88 bits per heavy atom. The summed E-state index contributed by atoms with van der Waals surface area (Å²) in [5.41, 5.74) is 2.31. The molecule has 0 aliphatic rings. The smallest absolute Gasteiger partial charge is 0.220 e. The highest BCUT2D eigenvalue weighted by molar-refractivity contribution is 5.75. The molecule has 1 atom stereocenters. The zero-order chi connectivity index (χ0) is 18.2. The molecule has 6 nitrogen and oxygen atoms in total. The van der Waals surface area contributed by atoms with Crippen molar-refractivity contribution in [2.45, 2.75) is 39.2 Å². The second-order valence-electron chi connectivity index (χ2n) is 6.10. The zero-order valence-corrected chi connectivity index (χ0v) is 15.2. The number of imidazole rings is 1. The number of hydrogen-bond acceptors (Lipinski definition) is 4. The lowest BCUT2D eigenvalue weighted by atomic mass is 10.0. The number of ether oxygens (including phenoxy) is 1. The maximum absolute atomic E-state index is 11.9. The summed E-state index contributed by atoms with van der Waals surface area (Å²) in [6.07, 6.45) is 4.62. The molecule has 1 aromatic heterocycles. The molecular weight excluding hydrogens is 318 g/mol. The first-order valence-corrected chi connectivity index (χ1v) is 8.65. The minimum atomic E-state index is -0.794. The van der Waals surface area contributed by atoms with E-state index in [1.807, 2.05) is 33.0 Å². The summed E-state index contributed by atoms with van der Waals surface area (Å²) in [4.78, 5) is 16.0. The van der Waals surface area contributed by atoms with E-state index in [4.69, 9.17) is 4.74 Å². The molecule has 136 valence electrons. The van der Waals surface area contributed by atoms with Crippen LogP contribution in [0.4, 0.5) is 0 Å². The molecule has 0 saturated carbocycles. The van der Waals surface area contributed by atoms with Crippen LogP contribution in [0.5, 0.6) is 5.75 Å². The molecule has 1 aromatic carbocycles. The van der Waals surface area contributed by atoms with Crippen LogP contribution in [0, 0.1) is 6.92 Å². The number of hydrogen-bond donors (Lipinski definition) is 2. The van der Waals surface area contributed by atoms with E-state index in [1.165, 1.54) is 5.56 Å². The van der Waals surface area contributed by atoms with Gasteiger partial charge in [-0.05, 0) is 43.9 Å². The van der Waals surface area contributed by atoms with E-state index in [1.54, 1.807) is 17.0 Å². The number of nitrogens with zero attached hydrogens (tertiary/aromatic N) is 2. The van der Waals surface area contributed by atoms with Gasteiger partial charge in [0.15, 0.2) is 0 Å². The summed E-state index contributed by atoms with van der Waals surface area (Å²) in [7, 11) is 1.81. The van der Waals surface area contributed by atoms with E-state index in [0.29, 0.717) is 18.9 Å². The summed E-state index contributed by atoms with van der Waals surface area (Å²) in [5, 5.41) is 12.8. The quantitative estimate of drug-likeness (QED) is 0.731. The van der Waals surface area contributed by atoms with Gasteiger partial charge in [-0.15, -0.1) is 0 Å². The first-order valence-electron chi connectivity index (χ1n) is 8.65. The number of carbonyl (C=O) groups is 1. The third-order valence-electron chi connectivity index (χ3n) is 4.06. The molecule has 0 spiro atoms. The summed E-state index contributed by atoms with van der Waals surface area (Å²) in [6, 6.07) is 6.13. The zero-order valence-electron chi connectivity index (χ0n) is 15.2. The third-order valence-corrected chi connectivity index (χ3v) is 4.06. The highest BCUT2D eigenvalue weighted by Crippen LogP contribution is 2.20. The minimum Gasteiger partial charge on any atom is -0.494 e. The molecule has 0 saturated heterocycles. The van der Waals surface area contributed by atoms with Crippen LogP contribution in [0.2, 0.25) is 0 Å². The van der Waals surface area contributed by atoms with Crippen LogP contribution in [0.1, 0.15) is 42.8 Å². The molecular formula is C19H27N3O3. The van der Waals surface area contributed by atoms with Crippen LogP contribution >= 0.6 is 0 Å². The van der Waals surface area contributed by atoms with Gasteiger partial charge < -0.3 is 19.7 Å². The van der Waals surface area contributed by atoms with Crippen molar-refractivity contribution in [3.8, 4) is 5.75 Å². The Bertz CT molecular complexity index is 697. The summed E-state index contributed by atoms with van der Waals surface area (Å²) < 4.78 is 7.27. The molecule has 1 heterocycles. The van der Waals surface area contributed by atoms with Gasteiger partial charge in [0.25, 0.3) is 0 Å². The lowest BCUT2D eigenvalue weighted by Crippen LogP contribution is -2.29. The van der Waals surface area contributed by atoms with Crippen LogP contribution in [0.25, 0.3) is 0 Å². The van der Waals surface area contributed by atoms with E-state index in [2.05, 4.69) is 16.4 Å². The molecule has 0 radical (unpaired) electrons. The van der Waals surface area contributed by atoms with Crippen molar-refractivity contribution in [1.82, 2.24) is 14.9 Å². The number of nitrogens with one attached hydrogen (secondary N) is 1. The van der Waals surface area contributed by atoms with E-state index in [-0.39, 0.29) is 12.5 Å². The summed E-state index contributed by atoms with van der Waals surface area (Å²) in [6.45, 7) is 4.83. The molecule has 1 amide bonds. The highest BCUT2D eigenvalue weighted by atomic mass is 16.5. The van der Waals surface area contributed by atoms with Gasteiger partial charge >= 0.3 is 0 Å². The highest BCUT2D eigenvalue weighted by Gasteiger charge is 2.13. The van der Waals surface area contributed by atoms with Gasteiger partial charge in [0, 0.05) is 25.9 Å². The van der Waals surface area contributed by atoms with Gasteiger partial charge in [0.05, 0.1) is 13.2 Å². The van der Waals surface area contributed by atoms with E-state index < -0.39 is 6.10 Å². The molecule has 0 fully saturated rings. The topological polar surface area (TPSA) is 76.4 Å². The van der Waals surface area contributed by atoms with Crippen LogP contribution in [-0.4, -0.2) is 33.7 Å². The van der Waals surface area contributed by atoms with Crippen molar-refractivity contribution in [1.29, 1.82) is 0 Å². The Kier molecular flexibility index (Phi) is 7.01. The average molecular weight is 345 g/mol. The molecule has 2 N–H and O–H groups in total. The lowest BCUT2D eigenvalue weighted by molar-refractivity contribution is -0.121. The standard InChI is InChI=1S/C19H27N3O3/c1-4-25-17-9-8-15(12-14(17)2)6-5-7-18(24)21-13-16(23)19-20-10-11-22(19)3/h8-12,16,23H,4-7,13H2,1-3H3,(H,21,24)/t16-/m1/s1. The number of rotatable bonds is 9. The number of aliphatic hydroxyl groups excluding tert-OH is 1. The number of aryl methyl sites for hydroxylation is 3. The first-order chi connectivity index (χ1) is 12.0. The second-order valence-corrected chi connectivity index (χ2v) is 6.10. The van der Waals surface area contributed by atoms with Crippen molar-refractivity contribution in [2.75, 3.05) is 13.2 Å². The van der Waals surface area contributed by atoms with Crippen molar-refractivity contribution in [3.63, 3.8) is 0 Å². The van der Waals surface area contributed by atoms with Gasteiger partial charge in [-0.3, -0.25) is 4.79 Å². The first kappa shape index (κ1) is 19.0. The number of aromatic nitrogens is 2. The van der Waals surface area contributed by atoms with Gasteiger partial charge in [-0.1, -0.05) is 12.1 Å². The minimum absolute atomic E-state index is 0.0593.